The maximum Gasteiger partial charge on any atom is 0.120 e. The van der Waals surface area contributed by atoms with Crippen LogP contribution in [-0.4, -0.2) is 7.11 Å². The van der Waals surface area contributed by atoms with E-state index in [1.807, 2.05) is 12.1 Å². The third-order valence-electron chi connectivity index (χ3n) is 3.59. The van der Waals surface area contributed by atoms with E-state index in [9.17, 15) is 0 Å². The summed E-state index contributed by atoms with van der Waals surface area (Å²) in [4.78, 5) is 0. The van der Waals surface area contributed by atoms with E-state index in [-0.39, 0.29) is 6.04 Å². The van der Waals surface area contributed by atoms with Gasteiger partial charge in [-0.1, -0.05) is 35.8 Å². The molecule has 1 fully saturated rings. The monoisotopic (exact) mass is 283 g/mol. The molecule has 0 spiro atoms. The fraction of sp³-hybridized carbons (Fsp3) is 0.538. The molecule has 3 heteroatoms. The van der Waals surface area contributed by atoms with Crippen molar-refractivity contribution in [3.05, 3.63) is 28.2 Å². The molecule has 2 nitrogen and oxygen atoms in total. The molecule has 2 N–H and O–H groups in total. The van der Waals surface area contributed by atoms with Crippen LogP contribution in [0, 0.1) is 11.3 Å². The maximum atomic E-state index is 6.30. The zero-order valence-corrected chi connectivity index (χ0v) is 11.5. The maximum absolute atomic E-state index is 6.30. The van der Waals surface area contributed by atoms with Crippen molar-refractivity contribution in [2.24, 2.45) is 17.1 Å². The first-order chi connectivity index (χ1) is 7.45. The molecule has 1 aliphatic carbocycles. The fourth-order valence-electron chi connectivity index (χ4n) is 2.24. The first kappa shape index (κ1) is 11.9. The van der Waals surface area contributed by atoms with Crippen LogP contribution >= 0.6 is 15.9 Å². The number of ether oxygens (including phenoxy) is 1. The molecule has 0 radical (unpaired) electrons. The fourth-order valence-corrected chi connectivity index (χ4v) is 2.86. The van der Waals surface area contributed by atoms with Crippen LogP contribution in [-0.2, 0) is 0 Å². The number of rotatable bonds is 3. The summed E-state index contributed by atoms with van der Waals surface area (Å²) in [5.74, 6) is 1.45. The van der Waals surface area contributed by atoms with E-state index in [1.165, 1.54) is 12.0 Å². The number of benzene rings is 1. The molecule has 1 saturated carbocycles. The first-order valence-electron chi connectivity index (χ1n) is 5.55. The van der Waals surface area contributed by atoms with Gasteiger partial charge in [-0.3, -0.25) is 0 Å². The Morgan fingerprint density at radius 1 is 1.50 bits per heavy atom. The lowest BCUT2D eigenvalue weighted by molar-refractivity contribution is 0.413. The van der Waals surface area contributed by atoms with Crippen LogP contribution in [0.1, 0.15) is 31.9 Å². The van der Waals surface area contributed by atoms with E-state index in [2.05, 4.69) is 35.8 Å². The van der Waals surface area contributed by atoms with Crippen LogP contribution in [0.4, 0.5) is 0 Å². The summed E-state index contributed by atoms with van der Waals surface area (Å²) >= 11 is 3.56. The van der Waals surface area contributed by atoms with Crippen LogP contribution in [0.2, 0.25) is 0 Å². The highest BCUT2D eigenvalue weighted by Gasteiger charge is 2.49. The second-order valence-corrected chi connectivity index (χ2v) is 6.07. The van der Waals surface area contributed by atoms with Crippen molar-refractivity contribution < 1.29 is 4.74 Å². The van der Waals surface area contributed by atoms with Gasteiger partial charge in [-0.15, -0.1) is 0 Å². The summed E-state index contributed by atoms with van der Waals surface area (Å²) in [7, 11) is 1.67. The van der Waals surface area contributed by atoms with Gasteiger partial charge >= 0.3 is 0 Å². The van der Waals surface area contributed by atoms with Crippen molar-refractivity contribution in [2.45, 2.75) is 26.3 Å². The Balaban J connectivity index is 2.21. The standard InChI is InChI=1S/C13H18BrNO/c1-13(2)7-10(13)12(15)9-5-4-8(16-3)6-11(9)14/h4-6,10,12H,7,15H2,1-3H3. The molecule has 2 rings (SSSR count). The Morgan fingerprint density at radius 3 is 2.56 bits per heavy atom. The molecule has 0 amide bonds. The molecule has 0 heterocycles. The van der Waals surface area contributed by atoms with Gasteiger partial charge < -0.3 is 10.5 Å². The largest absolute Gasteiger partial charge is 0.497 e. The van der Waals surface area contributed by atoms with Crippen LogP contribution < -0.4 is 10.5 Å². The normalized spacial score (nSPS) is 23.9. The summed E-state index contributed by atoms with van der Waals surface area (Å²) in [6.07, 6.45) is 1.21. The summed E-state index contributed by atoms with van der Waals surface area (Å²) < 4.78 is 6.22. The molecule has 0 saturated heterocycles. The predicted molar refractivity (Wildman–Crippen MR) is 69.5 cm³/mol. The highest BCUT2D eigenvalue weighted by molar-refractivity contribution is 9.10. The van der Waals surface area contributed by atoms with Gasteiger partial charge in [-0.2, -0.15) is 0 Å². The third-order valence-corrected chi connectivity index (χ3v) is 4.28. The second-order valence-electron chi connectivity index (χ2n) is 5.21. The number of hydrogen-bond acceptors (Lipinski definition) is 2. The highest BCUT2D eigenvalue weighted by atomic mass is 79.9. The summed E-state index contributed by atoms with van der Waals surface area (Å²) in [5, 5.41) is 0. The molecule has 1 aromatic rings. The Labute approximate surface area is 105 Å². The van der Waals surface area contributed by atoms with Gasteiger partial charge in [-0.05, 0) is 35.4 Å². The molecule has 1 aromatic carbocycles. The van der Waals surface area contributed by atoms with E-state index in [0.29, 0.717) is 11.3 Å². The van der Waals surface area contributed by atoms with Crippen LogP contribution in [0.25, 0.3) is 0 Å². The average Bonchev–Trinajstić information content (AvgIpc) is 2.86. The first-order valence-corrected chi connectivity index (χ1v) is 6.34. The highest BCUT2D eigenvalue weighted by Crippen LogP contribution is 2.57. The van der Waals surface area contributed by atoms with Gasteiger partial charge in [0.15, 0.2) is 0 Å². The van der Waals surface area contributed by atoms with E-state index in [4.69, 9.17) is 10.5 Å². The Kier molecular flexibility index (Phi) is 3.01. The van der Waals surface area contributed by atoms with Gasteiger partial charge in [0, 0.05) is 10.5 Å². The third kappa shape index (κ3) is 2.11. The minimum atomic E-state index is 0.121. The molecular weight excluding hydrogens is 266 g/mol. The van der Waals surface area contributed by atoms with Gasteiger partial charge in [-0.25, -0.2) is 0 Å². The molecule has 0 aromatic heterocycles. The lowest BCUT2D eigenvalue weighted by Crippen LogP contribution is -2.16. The SMILES string of the molecule is COc1ccc(C(N)C2CC2(C)C)c(Br)c1. The molecule has 88 valence electrons. The Bertz CT molecular complexity index is 403. The van der Waals surface area contributed by atoms with Crippen LogP contribution in [0.3, 0.4) is 0 Å². The Hall–Kier alpha value is -0.540. The van der Waals surface area contributed by atoms with Crippen molar-refractivity contribution in [3.8, 4) is 5.75 Å². The minimum Gasteiger partial charge on any atom is -0.497 e. The molecule has 2 unspecified atom stereocenters. The lowest BCUT2D eigenvalue weighted by atomic mass is 9.98. The number of nitrogens with two attached hydrogens (primary N) is 1. The topological polar surface area (TPSA) is 35.2 Å². The average molecular weight is 284 g/mol. The molecule has 16 heavy (non-hydrogen) atoms. The van der Waals surface area contributed by atoms with Crippen molar-refractivity contribution in [1.82, 2.24) is 0 Å². The van der Waals surface area contributed by atoms with Crippen molar-refractivity contribution in [2.75, 3.05) is 7.11 Å². The Morgan fingerprint density at radius 2 is 2.12 bits per heavy atom. The van der Waals surface area contributed by atoms with E-state index in [0.717, 1.165) is 10.2 Å². The smallest absolute Gasteiger partial charge is 0.120 e. The molecule has 1 aliphatic rings. The molecule has 0 bridgehead atoms. The quantitative estimate of drug-likeness (QED) is 0.922. The van der Waals surface area contributed by atoms with Crippen molar-refractivity contribution in [1.29, 1.82) is 0 Å². The summed E-state index contributed by atoms with van der Waals surface area (Å²) in [6, 6.07) is 6.12. The van der Waals surface area contributed by atoms with E-state index >= 15 is 0 Å². The number of methoxy groups -OCH3 is 1. The number of hydrogen-bond donors (Lipinski definition) is 1. The zero-order valence-electron chi connectivity index (χ0n) is 9.96. The molecular formula is C13H18BrNO. The summed E-state index contributed by atoms with van der Waals surface area (Å²) in [5.41, 5.74) is 7.88. The lowest BCUT2D eigenvalue weighted by Gasteiger charge is -2.16. The van der Waals surface area contributed by atoms with Gasteiger partial charge in [0.25, 0.3) is 0 Å². The number of halogens is 1. The van der Waals surface area contributed by atoms with Crippen LogP contribution in [0.15, 0.2) is 22.7 Å². The van der Waals surface area contributed by atoms with Crippen molar-refractivity contribution in [3.63, 3.8) is 0 Å². The van der Waals surface area contributed by atoms with Gasteiger partial charge in [0.05, 0.1) is 7.11 Å². The molecule has 0 aliphatic heterocycles. The van der Waals surface area contributed by atoms with Crippen LogP contribution in [0.5, 0.6) is 5.75 Å². The van der Waals surface area contributed by atoms with Crippen molar-refractivity contribution >= 4 is 15.9 Å². The van der Waals surface area contributed by atoms with Gasteiger partial charge in [0.2, 0.25) is 0 Å². The second kappa shape index (κ2) is 4.04. The minimum absolute atomic E-state index is 0.121. The predicted octanol–water partition coefficient (Wildman–Crippen LogP) is 3.50. The van der Waals surface area contributed by atoms with E-state index in [1.54, 1.807) is 7.11 Å². The van der Waals surface area contributed by atoms with E-state index < -0.39 is 0 Å². The van der Waals surface area contributed by atoms with Gasteiger partial charge in [0.1, 0.15) is 5.75 Å². The molecule has 2 atom stereocenters. The zero-order chi connectivity index (χ0) is 11.9. The summed E-state index contributed by atoms with van der Waals surface area (Å²) in [6.45, 7) is 4.55.